The topological polar surface area (TPSA) is 50.2 Å². The Morgan fingerprint density at radius 1 is 1.11 bits per heavy atom. The number of rotatable bonds is 5. The van der Waals surface area contributed by atoms with Crippen molar-refractivity contribution in [2.75, 3.05) is 13.1 Å². The molecule has 2 aromatic heterocycles. The molecule has 36 heavy (non-hydrogen) atoms. The van der Waals surface area contributed by atoms with Crippen LogP contribution in [0.4, 0.5) is 13.6 Å². The van der Waals surface area contributed by atoms with Gasteiger partial charge in [-0.1, -0.05) is 41.4 Å². The molecular weight excluding hydrogens is 505 g/mol. The van der Waals surface area contributed by atoms with Gasteiger partial charge in [-0.25, -0.2) is 14.2 Å². The molecule has 3 heterocycles. The van der Waals surface area contributed by atoms with Crippen LogP contribution in [0.2, 0.25) is 10.0 Å². The molecule has 5 rings (SSSR count). The van der Waals surface area contributed by atoms with Gasteiger partial charge >= 0.3 is 6.03 Å². The number of pyridine rings is 1. The lowest BCUT2D eigenvalue weighted by molar-refractivity contribution is 0.240. The zero-order valence-corrected chi connectivity index (χ0v) is 20.7. The highest BCUT2D eigenvalue weighted by Gasteiger charge is 2.26. The van der Waals surface area contributed by atoms with E-state index >= 15 is 0 Å². The minimum Gasteiger partial charge on any atom is -0.333 e. The summed E-state index contributed by atoms with van der Waals surface area (Å²) in [5.74, 6) is -1.03. The van der Waals surface area contributed by atoms with Gasteiger partial charge < -0.3 is 5.32 Å². The van der Waals surface area contributed by atoms with E-state index in [9.17, 15) is 13.6 Å². The van der Waals surface area contributed by atoms with Crippen LogP contribution in [0.5, 0.6) is 0 Å². The van der Waals surface area contributed by atoms with Crippen LogP contribution in [0.15, 0.2) is 60.8 Å². The van der Waals surface area contributed by atoms with Crippen LogP contribution in [0.3, 0.4) is 0 Å². The van der Waals surface area contributed by atoms with Gasteiger partial charge in [-0.2, -0.15) is 4.39 Å². The largest absolute Gasteiger partial charge is 0.333 e. The smallest absolute Gasteiger partial charge is 0.326 e. The van der Waals surface area contributed by atoms with Gasteiger partial charge in [0, 0.05) is 54.9 Å². The second-order valence-corrected chi connectivity index (χ2v) is 9.47. The second-order valence-electron chi connectivity index (χ2n) is 8.63. The summed E-state index contributed by atoms with van der Waals surface area (Å²) in [6.45, 7) is 2.27. The number of benzene rings is 2. The predicted octanol–water partition coefficient (Wildman–Crippen LogP) is 6.45. The summed E-state index contributed by atoms with van der Waals surface area (Å²) in [5.41, 5.74) is 4.23. The lowest BCUT2D eigenvalue weighted by Gasteiger charge is -2.27. The number of carbonyl (C=O) groups excluding carboxylic acids is 1. The molecule has 184 valence electrons. The van der Waals surface area contributed by atoms with Gasteiger partial charge in [-0.05, 0) is 59.2 Å². The van der Waals surface area contributed by atoms with Crippen LogP contribution in [-0.2, 0) is 19.5 Å². The molecule has 1 aliphatic rings. The molecule has 0 aliphatic carbocycles. The molecule has 9 heteroatoms. The highest BCUT2D eigenvalue weighted by atomic mass is 35.5. The summed E-state index contributed by atoms with van der Waals surface area (Å²) in [4.78, 5) is 19.1. The Bertz CT molecular complexity index is 1480. The van der Waals surface area contributed by atoms with Crippen molar-refractivity contribution in [2.24, 2.45) is 0 Å². The molecule has 0 bridgehead atoms. The zero-order valence-electron chi connectivity index (χ0n) is 19.1. The molecule has 0 saturated carbocycles. The molecule has 0 radical (unpaired) electrons. The second kappa shape index (κ2) is 10.4. The quantitative estimate of drug-likeness (QED) is 0.304. The monoisotopic (exact) mass is 526 g/mol. The third kappa shape index (κ3) is 5.14. The van der Waals surface area contributed by atoms with Crippen LogP contribution < -0.4 is 5.32 Å². The van der Waals surface area contributed by atoms with Crippen molar-refractivity contribution < 1.29 is 13.6 Å². The number of carbonyl (C=O) groups is 1. The Morgan fingerprint density at radius 3 is 2.78 bits per heavy atom. The summed E-state index contributed by atoms with van der Waals surface area (Å²) in [5, 5.41) is 4.52. The molecule has 0 saturated heterocycles. The van der Waals surface area contributed by atoms with Crippen LogP contribution in [0.1, 0.15) is 22.4 Å². The number of nitrogens with one attached hydrogen (secondary N) is 1. The summed E-state index contributed by atoms with van der Waals surface area (Å²) in [6, 6.07) is 12.8. The van der Waals surface area contributed by atoms with Crippen LogP contribution in [-0.4, -0.2) is 33.6 Å². The third-order valence-corrected chi connectivity index (χ3v) is 6.77. The number of nitrogens with zero attached hydrogens (tertiary/aromatic N) is 3. The van der Waals surface area contributed by atoms with Crippen molar-refractivity contribution in [3.63, 3.8) is 0 Å². The predicted molar refractivity (Wildman–Crippen MR) is 138 cm³/mol. The maximum Gasteiger partial charge on any atom is 0.326 e. The fourth-order valence-corrected chi connectivity index (χ4v) is 4.90. The van der Waals surface area contributed by atoms with E-state index < -0.39 is 11.8 Å². The highest BCUT2D eigenvalue weighted by molar-refractivity contribution is 6.31. The van der Waals surface area contributed by atoms with Crippen LogP contribution in [0.25, 0.3) is 17.0 Å². The molecule has 0 unspecified atom stereocenters. The first-order valence-electron chi connectivity index (χ1n) is 11.4. The minimum atomic E-state index is -0.586. The van der Waals surface area contributed by atoms with E-state index in [1.54, 1.807) is 28.8 Å². The van der Waals surface area contributed by atoms with E-state index in [2.05, 4.69) is 15.2 Å². The molecule has 1 aliphatic heterocycles. The van der Waals surface area contributed by atoms with E-state index in [4.69, 9.17) is 23.2 Å². The van der Waals surface area contributed by atoms with Crippen LogP contribution >= 0.6 is 23.2 Å². The maximum atomic E-state index is 13.4. The van der Waals surface area contributed by atoms with Gasteiger partial charge in [-0.15, -0.1) is 0 Å². The Balaban J connectivity index is 1.36. The molecular formula is C27H22Cl2F2N4O. The number of hydrogen-bond acceptors (Lipinski definition) is 3. The standard InChI is InChI=1S/C27H22Cl2F2N4O/c28-19-4-6-24-20(14-19)21-16-34(10-1-2-17-3-5-23(30)22(29)12-17)11-8-25(21)35(24)27(36)33-15-18-7-9-32-26(31)13-18/h1-7,9,12-14H,8,10-11,15-16H2,(H,33,36)/b2-1+. The van der Waals surface area contributed by atoms with Gasteiger partial charge in [-0.3, -0.25) is 9.47 Å². The van der Waals surface area contributed by atoms with Gasteiger partial charge in [0.1, 0.15) is 5.82 Å². The molecule has 2 aromatic carbocycles. The van der Waals surface area contributed by atoms with E-state index in [-0.39, 0.29) is 17.6 Å². The Morgan fingerprint density at radius 2 is 1.97 bits per heavy atom. The number of amides is 1. The SMILES string of the molecule is O=C(NCc1ccnc(F)c1)n1c2c(c3cc(Cl)ccc31)CN(C/C=C/c1ccc(F)c(Cl)c1)CC2. The molecule has 0 fully saturated rings. The molecule has 1 N–H and O–H groups in total. The van der Waals surface area contributed by atoms with E-state index in [0.717, 1.165) is 34.3 Å². The van der Waals surface area contributed by atoms with Crippen LogP contribution in [0, 0.1) is 11.8 Å². The lowest BCUT2D eigenvalue weighted by Crippen LogP contribution is -2.34. The van der Waals surface area contributed by atoms with Crippen molar-refractivity contribution in [2.45, 2.75) is 19.5 Å². The summed E-state index contributed by atoms with van der Waals surface area (Å²) >= 11 is 12.2. The minimum absolute atomic E-state index is 0.0943. The molecule has 0 spiro atoms. The first kappa shape index (κ1) is 24.4. The normalized spacial score (nSPS) is 13.9. The van der Waals surface area contributed by atoms with E-state index in [1.807, 2.05) is 24.3 Å². The van der Waals surface area contributed by atoms with E-state index in [1.165, 1.54) is 18.3 Å². The zero-order chi connectivity index (χ0) is 25.2. The third-order valence-electron chi connectivity index (χ3n) is 6.24. The molecule has 0 atom stereocenters. The highest BCUT2D eigenvalue weighted by Crippen LogP contribution is 2.32. The summed E-state index contributed by atoms with van der Waals surface area (Å²) < 4.78 is 28.5. The fourth-order valence-electron chi connectivity index (χ4n) is 4.54. The van der Waals surface area contributed by atoms with Gasteiger partial charge in [0.05, 0.1) is 10.5 Å². The Hall–Kier alpha value is -3.26. The van der Waals surface area contributed by atoms with Crippen molar-refractivity contribution in [1.29, 1.82) is 0 Å². The average Bonchev–Trinajstić information content (AvgIpc) is 3.18. The Kier molecular flexibility index (Phi) is 7.05. The van der Waals surface area contributed by atoms with Gasteiger partial charge in [0.25, 0.3) is 0 Å². The molecule has 5 nitrogen and oxygen atoms in total. The van der Waals surface area contributed by atoms with Crippen molar-refractivity contribution in [3.05, 3.63) is 105 Å². The summed E-state index contributed by atoms with van der Waals surface area (Å²) in [7, 11) is 0. The van der Waals surface area contributed by atoms with Crippen molar-refractivity contribution in [1.82, 2.24) is 19.8 Å². The average molecular weight is 527 g/mol. The van der Waals surface area contributed by atoms with Crippen molar-refractivity contribution in [3.8, 4) is 0 Å². The number of fused-ring (bicyclic) bond motifs is 3. The summed E-state index contributed by atoms with van der Waals surface area (Å²) in [6.07, 6.45) is 5.98. The number of hydrogen-bond donors (Lipinski definition) is 1. The van der Waals surface area contributed by atoms with Gasteiger partial charge in [0.15, 0.2) is 0 Å². The van der Waals surface area contributed by atoms with E-state index in [0.29, 0.717) is 30.1 Å². The maximum absolute atomic E-state index is 13.4. The Labute approximate surface area is 216 Å². The van der Waals surface area contributed by atoms with Gasteiger partial charge in [0.2, 0.25) is 5.95 Å². The first-order valence-corrected chi connectivity index (χ1v) is 12.2. The fraction of sp³-hybridized carbons (Fsp3) is 0.185. The number of aromatic nitrogens is 2. The molecule has 4 aromatic rings. The lowest BCUT2D eigenvalue weighted by atomic mass is 10.0. The first-order chi connectivity index (χ1) is 17.4. The van der Waals surface area contributed by atoms with Crippen molar-refractivity contribution >= 4 is 46.2 Å². The number of halogens is 4. The molecule has 1 amide bonds.